The van der Waals surface area contributed by atoms with Gasteiger partial charge in [-0.1, -0.05) is 49.7 Å². The van der Waals surface area contributed by atoms with E-state index >= 15 is 0 Å². The van der Waals surface area contributed by atoms with Crippen molar-refractivity contribution in [1.29, 1.82) is 0 Å². The van der Waals surface area contributed by atoms with Crippen molar-refractivity contribution in [2.24, 2.45) is 5.41 Å². The SMILES string of the molecule is COc1ccc(-c2c3c(cc4c2C(=O)CC(C)(C)C4)CN(S(=O)(=O)c2ccc(C)cc2)C3)cc1. The standard InChI is InChI=1S/C28H29NO4S/c1-18-5-11-23(12-6-18)34(31,32)29-16-21-13-20-14-28(2,3)15-25(30)27(20)26(24(21)17-29)19-7-9-22(33-4)10-8-19/h5-13H,14-17H2,1-4H3. The lowest BCUT2D eigenvalue weighted by Crippen LogP contribution is -2.28. The van der Waals surface area contributed by atoms with E-state index in [1.54, 1.807) is 19.2 Å². The molecule has 3 aromatic rings. The smallest absolute Gasteiger partial charge is 0.243 e. The van der Waals surface area contributed by atoms with Crippen LogP contribution in [0.2, 0.25) is 0 Å². The number of nitrogens with zero attached hydrogens (tertiary/aromatic N) is 1. The van der Waals surface area contributed by atoms with Crippen molar-refractivity contribution in [1.82, 2.24) is 4.31 Å². The number of ether oxygens (including phenoxy) is 1. The third-order valence-corrected chi connectivity index (χ3v) is 8.72. The Bertz CT molecular complexity index is 1390. The highest BCUT2D eigenvalue weighted by Gasteiger charge is 2.38. The third-order valence-electron chi connectivity index (χ3n) is 6.91. The minimum Gasteiger partial charge on any atom is -0.497 e. The number of methoxy groups -OCH3 is 1. The number of fused-ring (bicyclic) bond motifs is 2. The molecule has 0 atom stereocenters. The molecule has 0 radical (unpaired) electrons. The van der Waals surface area contributed by atoms with Crippen LogP contribution in [0.25, 0.3) is 11.1 Å². The maximum atomic E-state index is 13.5. The Labute approximate surface area is 201 Å². The van der Waals surface area contributed by atoms with Crippen LogP contribution in [0.1, 0.15) is 52.9 Å². The topological polar surface area (TPSA) is 63.7 Å². The number of hydrogen-bond donors (Lipinski definition) is 0. The number of hydrogen-bond acceptors (Lipinski definition) is 4. The number of sulfonamides is 1. The molecule has 0 amide bonds. The van der Waals surface area contributed by atoms with Gasteiger partial charge in [-0.3, -0.25) is 4.79 Å². The highest BCUT2D eigenvalue weighted by atomic mass is 32.2. The number of rotatable bonds is 4. The maximum Gasteiger partial charge on any atom is 0.243 e. The third kappa shape index (κ3) is 3.85. The van der Waals surface area contributed by atoms with Crippen molar-refractivity contribution in [3.05, 3.63) is 82.4 Å². The molecule has 0 saturated heterocycles. The highest BCUT2D eigenvalue weighted by Crippen LogP contribution is 2.45. The molecule has 34 heavy (non-hydrogen) atoms. The van der Waals surface area contributed by atoms with Crippen molar-refractivity contribution in [3.63, 3.8) is 0 Å². The lowest BCUT2D eigenvalue weighted by atomic mass is 9.71. The Morgan fingerprint density at radius 1 is 0.882 bits per heavy atom. The first kappa shape index (κ1) is 22.8. The Kier molecular flexibility index (Phi) is 5.41. The first-order valence-corrected chi connectivity index (χ1v) is 13.0. The zero-order chi connectivity index (χ0) is 24.3. The summed E-state index contributed by atoms with van der Waals surface area (Å²) >= 11 is 0. The predicted molar refractivity (Wildman–Crippen MR) is 132 cm³/mol. The Morgan fingerprint density at radius 3 is 2.21 bits per heavy atom. The summed E-state index contributed by atoms with van der Waals surface area (Å²) in [6, 6.07) is 16.7. The van der Waals surface area contributed by atoms with Gasteiger partial charge >= 0.3 is 0 Å². The average molecular weight is 476 g/mol. The van der Waals surface area contributed by atoms with Gasteiger partial charge in [-0.2, -0.15) is 4.31 Å². The molecule has 0 spiro atoms. The quantitative estimate of drug-likeness (QED) is 0.498. The van der Waals surface area contributed by atoms with Crippen LogP contribution in [0.4, 0.5) is 0 Å². The van der Waals surface area contributed by atoms with Crippen LogP contribution in [-0.4, -0.2) is 25.6 Å². The second-order valence-corrected chi connectivity index (χ2v) is 12.1. The molecule has 176 valence electrons. The largest absolute Gasteiger partial charge is 0.497 e. The molecule has 5 nitrogen and oxygen atoms in total. The molecule has 2 aliphatic rings. The summed E-state index contributed by atoms with van der Waals surface area (Å²) in [5.74, 6) is 0.862. The number of Topliss-reactive ketones (excluding diaryl/α,β-unsaturated/α-hetero) is 1. The van der Waals surface area contributed by atoms with Gasteiger partial charge in [0.1, 0.15) is 5.75 Å². The minimum atomic E-state index is -3.66. The van der Waals surface area contributed by atoms with E-state index < -0.39 is 10.0 Å². The van der Waals surface area contributed by atoms with Crippen LogP contribution < -0.4 is 4.74 Å². The summed E-state index contributed by atoms with van der Waals surface area (Å²) < 4.78 is 33.8. The van der Waals surface area contributed by atoms with E-state index in [-0.39, 0.29) is 17.7 Å². The first-order chi connectivity index (χ1) is 16.1. The van der Waals surface area contributed by atoms with E-state index in [2.05, 4.69) is 19.9 Å². The van der Waals surface area contributed by atoms with Gasteiger partial charge in [0.05, 0.1) is 12.0 Å². The summed E-state index contributed by atoms with van der Waals surface area (Å²) in [6.45, 7) is 6.71. The molecule has 0 N–H and O–H groups in total. The monoisotopic (exact) mass is 475 g/mol. The van der Waals surface area contributed by atoms with Crippen LogP contribution in [0.15, 0.2) is 59.5 Å². The van der Waals surface area contributed by atoms with Crippen molar-refractivity contribution in [3.8, 4) is 16.9 Å². The molecule has 0 aromatic heterocycles. The number of carbonyl (C=O) groups excluding carboxylic acids is 1. The minimum absolute atomic E-state index is 0.123. The van der Waals surface area contributed by atoms with E-state index in [0.717, 1.165) is 51.1 Å². The van der Waals surface area contributed by atoms with Gasteiger partial charge in [0.15, 0.2) is 5.78 Å². The fraction of sp³-hybridized carbons (Fsp3) is 0.321. The fourth-order valence-corrected chi connectivity index (χ4v) is 6.64. The number of benzene rings is 3. The molecule has 6 heteroatoms. The second-order valence-electron chi connectivity index (χ2n) is 10.2. The molecular formula is C28H29NO4S. The number of aryl methyl sites for hydroxylation is 1. The van der Waals surface area contributed by atoms with Crippen molar-refractivity contribution < 1.29 is 17.9 Å². The molecule has 0 fully saturated rings. The van der Waals surface area contributed by atoms with Gasteiger partial charge in [0.25, 0.3) is 0 Å². The molecular weight excluding hydrogens is 446 g/mol. The van der Waals surface area contributed by atoms with Crippen LogP contribution in [0.5, 0.6) is 5.75 Å². The molecule has 3 aromatic carbocycles. The molecule has 1 aliphatic heterocycles. The van der Waals surface area contributed by atoms with Crippen LogP contribution in [0.3, 0.4) is 0 Å². The van der Waals surface area contributed by atoms with E-state index in [1.807, 2.05) is 43.3 Å². The van der Waals surface area contributed by atoms with E-state index in [1.165, 1.54) is 4.31 Å². The van der Waals surface area contributed by atoms with Gasteiger partial charge in [0, 0.05) is 25.1 Å². The Hall–Kier alpha value is -2.96. The summed E-state index contributed by atoms with van der Waals surface area (Å²) in [6.07, 6.45) is 1.27. The molecule has 0 saturated carbocycles. The molecule has 1 aliphatic carbocycles. The molecule has 0 bridgehead atoms. The maximum absolute atomic E-state index is 13.5. The Morgan fingerprint density at radius 2 is 1.56 bits per heavy atom. The zero-order valence-electron chi connectivity index (χ0n) is 20.0. The lowest BCUT2D eigenvalue weighted by molar-refractivity contribution is 0.0913. The van der Waals surface area contributed by atoms with Crippen molar-refractivity contribution in [2.75, 3.05) is 7.11 Å². The van der Waals surface area contributed by atoms with E-state index in [0.29, 0.717) is 17.9 Å². The highest BCUT2D eigenvalue weighted by molar-refractivity contribution is 7.89. The normalized spacial score (nSPS) is 17.4. The molecule has 0 unspecified atom stereocenters. The number of carbonyl (C=O) groups is 1. The summed E-state index contributed by atoms with van der Waals surface area (Å²) in [5.41, 5.74) is 6.34. The zero-order valence-corrected chi connectivity index (χ0v) is 20.8. The fourth-order valence-electron chi connectivity index (χ4n) is 5.25. The number of ketones is 1. The first-order valence-electron chi connectivity index (χ1n) is 11.5. The summed E-state index contributed by atoms with van der Waals surface area (Å²) in [5, 5.41) is 0. The average Bonchev–Trinajstić information content (AvgIpc) is 3.22. The summed E-state index contributed by atoms with van der Waals surface area (Å²) in [4.78, 5) is 13.7. The van der Waals surface area contributed by atoms with E-state index in [4.69, 9.17) is 4.74 Å². The van der Waals surface area contributed by atoms with E-state index in [9.17, 15) is 13.2 Å². The van der Waals surface area contributed by atoms with Crippen molar-refractivity contribution >= 4 is 15.8 Å². The van der Waals surface area contributed by atoms with Crippen LogP contribution in [0, 0.1) is 12.3 Å². The predicted octanol–water partition coefficient (Wildman–Crippen LogP) is 5.53. The lowest BCUT2D eigenvalue weighted by Gasteiger charge is -2.32. The summed E-state index contributed by atoms with van der Waals surface area (Å²) in [7, 11) is -2.04. The molecule has 1 heterocycles. The van der Waals surface area contributed by atoms with Gasteiger partial charge in [-0.25, -0.2) is 8.42 Å². The van der Waals surface area contributed by atoms with Gasteiger partial charge in [-0.05, 0) is 70.8 Å². The Balaban J connectivity index is 1.65. The molecule has 5 rings (SSSR count). The van der Waals surface area contributed by atoms with Crippen LogP contribution in [-0.2, 0) is 29.5 Å². The van der Waals surface area contributed by atoms with Gasteiger partial charge in [0.2, 0.25) is 10.0 Å². The van der Waals surface area contributed by atoms with Gasteiger partial charge < -0.3 is 4.74 Å². The second kappa shape index (κ2) is 8.07. The van der Waals surface area contributed by atoms with Crippen molar-refractivity contribution in [2.45, 2.75) is 51.6 Å². The van der Waals surface area contributed by atoms with Gasteiger partial charge in [-0.15, -0.1) is 0 Å². The van der Waals surface area contributed by atoms with Crippen LogP contribution >= 0.6 is 0 Å².